The lowest BCUT2D eigenvalue weighted by Gasteiger charge is -2.14. The van der Waals surface area contributed by atoms with Crippen LogP contribution in [0.4, 0.5) is 10.1 Å². The molecule has 3 aromatic rings. The summed E-state index contributed by atoms with van der Waals surface area (Å²) < 4.78 is 42.6. The number of imidazole rings is 1. The molecule has 11 heteroatoms. The molecular weight excluding hydrogens is 463 g/mol. The number of nitrogens with one attached hydrogen (secondary N) is 3. The number of hydrogen-bond donors (Lipinski definition) is 2. The van der Waals surface area contributed by atoms with Gasteiger partial charge in [0.1, 0.15) is 18.0 Å². The van der Waals surface area contributed by atoms with Gasteiger partial charge in [-0.1, -0.05) is 43.2 Å². The van der Waals surface area contributed by atoms with Crippen molar-refractivity contribution < 1.29 is 27.5 Å². The van der Waals surface area contributed by atoms with Gasteiger partial charge in [-0.2, -0.15) is 9.11 Å². The van der Waals surface area contributed by atoms with Crippen molar-refractivity contribution in [3.05, 3.63) is 76.5 Å². The number of Topliss-reactive ketones (excluding diaryl/α,β-unsaturated/α-hetero) is 1. The van der Waals surface area contributed by atoms with E-state index in [1.54, 1.807) is 6.20 Å². The smallest absolute Gasteiger partial charge is 0.300 e. The number of aromatic nitrogens is 2. The topological polar surface area (TPSA) is 136 Å². The molecule has 3 rings (SSSR count). The van der Waals surface area contributed by atoms with Crippen molar-refractivity contribution in [1.82, 2.24) is 9.71 Å². The zero-order chi connectivity index (χ0) is 24.7. The Kier molecular flexibility index (Phi) is 8.24. The van der Waals surface area contributed by atoms with Gasteiger partial charge >= 0.3 is 5.69 Å². The maximum atomic E-state index is 14.1. The maximum Gasteiger partial charge on any atom is 0.304 e. The average molecular weight is 490 g/mol. The second kappa shape index (κ2) is 11.1. The molecule has 0 saturated carbocycles. The molecule has 180 valence electrons. The lowest BCUT2D eigenvalue weighted by atomic mass is 10.1. The molecule has 0 saturated heterocycles. The van der Waals surface area contributed by atoms with Crippen LogP contribution in [-0.4, -0.2) is 24.1 Å². The van der Waals surface area contributed by atoms with E-state index in [2.05, 4.69) is 14.7 Å². The summed E-state index contributed by atoms with van der Waals surface area (Å²) in [6.45, 7) is 1.53. The van der Waals surface area contributed by atoms with Crippen LogP contribution in [0.5, 0.6) is 0 Å². The van der Waals surface area contributed by atoms with Crippen LogP contribution in [-0.2, 0) is 14.8 Å². The van der Waals surface area contributed by atoms with Crippen molar-refractivity contribution >= 4 is 21.5 Å². The minimum atomic E-state index is -4.19. The number of aromatic amines is 2. The molecule has 34 heavy (non-hydrogen) atoms. The van der Waals surface area contributed by atoms with Gasteiger partial charge in [0.2, 0.25) is 15.8 Å². The van der Waals surface area contributed by atoms with Crippen molar-refractivity contribution in [3.8, 4) is 11.3 Å². The van der Waals surface area contributed by atoms with Gasteiger partial charge in [-0.05, 0) is 25.8 Å². The Bertz CT molecular complexity index is 1260. The van der Waals surface area contributed by atoms with Crippen LogP contribution in [0.2, 0.25) is 0 Å². The largest absolute Gasteiger partial charge is 0.304 e. The fraction of sp³-hybridized carbons (Fsp3) is 0.304. The van der Waals surface area contributed by atoms with E-state index < -0.39 is 37.4 Å². The third-order valence-electron chi connectivity index (χ3n) is 5.32. The minimum Gasteiger partial charge on any atom is -0.300 e. The van der Waals surface area contributed by atoms with Gasteiger partial charge < -0.3 is 4.79 Å². The molecule has 9 nitrogen and oxygen atoms in total. The summed E-state index contributed by atoms with van der Waals surface area (Å²) in [5, 5.41) is 10.8. The molecule has 0 radical (unpaired) electrons. The fourth-order valence-electron chi connectivity index (χ4n) is 3.55. The second-order valence-electron chi connectivity index (χ2n) is 7.95. The number of unbranched alkanes of at least 4 members (excludes halogenated alkanes) is 2. The van der Waals surface area contributed by atoms with Crippen LogP contribution in [0.3, 0.4) is 0 Å². The predicted molar refractivity (Wildman–Crippen MR) is 123 cm³/mol. The van der Waals surface area contributed by atoms with Crippen molar-refractivity contribution in [3.63, 3.8) is 0 Å². The van der Waals surface area contributed by atoms with E-state index in [9.17, 15) is 27.7 Å². The standard InChI is InChI=1S/C23H25FN4O5S/c1-16(29)8-4-2-7-11-20(23-25-15-21(26-23)17-9-5-3-6-10-17)27-34(32,33)18-12-13-22(28(30)31)19(24)14-18/h3,5-6,9-10,12-15,20,27H,2,4,7-8,11H2,1H3,(H,25,26)/p+1/t20-/m0/s1. The number of carbonyl (C=O) groups excluding carboxylic acids is 1. The van der Waals surface area contributed by atoms with E-state index in [-0.39, 0.29) is 5.78 Å². The molecule has 0 unspecified atom stereocenters. The summed E-state index contributed by atoms with van der Waals surface area (Å²) >= 11 is 0. The van der Waals surface area contributed by atoms with Crippen LogP contribution in [0, 0.1) is 15.9 Å². The van der Waals surface area contributed by atoms with Crippen LogP contribution in [0.25, 0.3) is 11.3 Å². The number of carbonyl (C=O) groups is 1. The number of hydrogen-bond acceptors (Lipinski definition) is 5. The number of nitro groups is 1. The number of H-pyrrole nitrogens is 2. The molecule has 0 spiro atoms. The molecule has 0 aliphatic rings. The van der Waals surface area contributed by atoms with Gasteiger partial charge in [-0.15, -0.1) is 0 Å². The first kappa shape index (κ1) is 25.2. The quantitative estimate of drug-likeness (QED) is 0.224. The Morgan fingerprint density at radius 1 is 1.18 bits per heavy atom. The van der Waals surface area contributed by atoms with Crippen LogP contribution in [0.1, 0.15) is 50.9 Å². The van der Waals surface area contributed by atoms with E-state index in [1.807, 2.05) is 30.3 Å². The number of ketones is 1. The van der Waals surface area contributed by atoms with Crippen molar-refractivity contribution in [1.29, 1.82) is 0 Å². The highest BCUT2D eigenvalue weighted by Gasteiger charge is 2.28. The van der Waals surface area contributed by atoms with Gasteiger partial charge in [0, 0.05) is 24.1 Å². The lowest BCUT2D eigenvalue weighted by Crippen LogP contribution is -2.32. The van der Waals surface area contributed by atoms with E-state index in [0.717, 1.165) is 29.8 Å². The summed E-state index contributed by atoms with van der Waals surface area (Å²) in [7, 11) is -4.19. The number of nitro benzene ring substituents is 1. The monoisotopic (exact) mass is 489 g/mol. The molecule has 0 aliphatic heterocycles. The van der Waals surface area contributed by atoms with Gasteiger partial charge in [0.05, 0.1) is 9.82 Å². The molecular formula is C23H26FN4O5S+. The summed E-state index contributed by atoms with van der Waals surface area (Å²) in [4.78, 5) is 27.0. The van der Waals surface area contributed by atoms with Crippen molar-refractivity contribution in [2.24, 2.45) is 0 Å². The molecule has 0 fully saturated rings. The zero-order valence-corrected chi connectivity index (χ0v) is 19.4. The lowest BCUT2D eigenvalue weighted by molar-refractivity contribution is -0.391. The van der Waals surface area contributed by atoms with E-state index in [1.165, 1.54) is 6.92 Å². The summed E-state index contributed by atoms with van der Waals surface area (Å²) in [5.74, 6) is -0.620. The number of benzene rings is 2. The predicted octanol–water partition coefficient (Wildman–Crippen LogP) is 4.10. The molecule has 1 heterocycles. The van der Waals surface area contributed by atoms with Gasteiger partial charge in [-0.25, -0.2) is 18.4 Å². The highest BCUT2D eigenvalue weighted by molar-refractivity contribution is 7.89. The SMILES string of the molecule is CC(=O)CCCCC[C@H](NS(=O)(=O)c1ccc([N+](=O)[O-])c(F)c1)c1[nH]c(-c2ccccc2)c[nH+]1. The maximum absolute atomic E-state index is 14.1. The fourth-order valence-corrected chi connectivity index (χ4v) is 4.80. The molecule has 1 aromatic heterocycles. The third kappa shape index (κ3) is 6.55. The Morgan fingerprint density at radius 3 is 2.56 bits per heavy atom. The average Bonchev–Trinajstić information content (AvgIpc) is 3.28. The van der Waals surface area contributed by atoms with E-state index in [0.29, 0.717) is 37.6 Å². The first-order valence-corrected chi connectivity index (χ1v) is 12.3. The van der Waals surface area contributed by atoms with Crippen molar-refractivity contribution in [2.75, 3.05) is 0 Å². The Labute approximate surface area is 196 Å². The highest BCUT2D eigenvalue weighted by atomic mass is 32.2. The van der Waals surface area contributed by atoms with E-state index in [4.69, 9.17) is 0 Å². The number of nitrogens with zero attached hydrogens (tertiary/aromatic N) is 1. The molecule has 0 bridgehead atoms. The molecule has 0 aliphatic carbocycles. The number of rotatable bonds is 12. The highest BCUT2D eigenvalue weighted by Crippen LogP contribution is 2.25. The molecule has 0 amide bonds. The minimum absolute atomic E-state index is 0.0997. The Hall–Kier alpha value is -3.44. The summed E-state index contributed by atoms with van der Waals surface area (Å²) in [6, 6.07) is 11.2. The summed E-state index contributed by atoms with van der Waals surface area (Å²) in [6.07, 6.45) is 4.68. The molecule has 2 aromatic carbocycles. The zero-order valence-electron chi connectivity index (χ0n) is 18.6. The van der Waals surface area contributed by atoms with Crippen molar-refractivity contribution in [2.45, 2.75) is 50.0 Å². The van der Waals surface area contributed by atoms with Crippen LogP contribution >= 0.6 is 0 Å². The first-order chi connectivity index (χ1) is 16.2. The summed E-state index contributed by atoms with van der Waals surface area (Å²) in [5.41, 5.74) is 0.870. The van der Waals surface area contributed by atoms with E-state index >= 15 is 0 Å². The van der Waals surface area contributed by atoms with Gasteiger partial charge in [0.15, 0.2) is 5.69 Å². The number of sulfonamides is 1. The second-order valence-corrected chi connectivity index (χ2v) is 9.67. The van der Waals surface area contributed by atoms with Gasteiger partial charge in [0.25, 0.3) is 5.82 Å². The third-order valence-corrected chi connectivity index (χ3v) is 6.79. The van der Waals surface area contributed by atoms with Crippen LogP contribution in [0.15, 0.2) is 59.6 Å². The molecule has 3 N–H and O–H groups in total. The Balaban J connectivity index is 1.83. The molecule has 1 atom stereocenters. The number of halogens is 1. The Morgan fingerprint density at radius 2 is 1.91 bits per heavy atom. The first-order valence-electron chi connectivity index (χ1n) is 10.8. The normalized spacial score (nSPS) is 12.4. The van der Waals surface area contributed by atoms with Crippen LogP contribution < -0.4 is 9.71 Å². The van der Waals surface area contributed by atoms with Gasteiger partial charge in [-0.3, -0.25) is 10.1 Å².